The summed E-state index contributed by atoms with van der Waals surface area (Å²) >= 11 is 0. The van der Waals surface area contributed by atoms with Crippen molar-refractivity contribution in [1.82, 2.24) is 15.1 Å². The zero-order chi connectivity index (χ0) is 16.2. The summed E-state index contributed by atoms with van der Waals surface area (Å²) in [6, 6.07) is 3.47. The van der Waals surface area contributed by atoms with Crippen molar-refractivity contribution in [2.75, 3.05) is 36.4 Å². The quantitative estimate of drug-likeness (QED) is 0.841. The highest BCUT2D eigenvalue weighted by atomic mass is 16.6. The molecule has 1 fully saturated rings. The molecule has 1 N–H and O–H groups in total. The fourth-order valence-corrected chi connectivity index (χ4v) is 2.03. The van der Waals surface area contributed by atoms with Crippen molar-refractivity contribution >= 4 is 24.1 Å². The molecule has 0 aliphatic carbocycles. The summed E-state index contributed by atoms with van der Waals surface area (Å²) in [5.74, 6) is 1.06. The fourth-order valence-electron chi connectivity index (χ4n) is 2.03. The minimum absolute atomic E-state index is 0.338. The Morgan fingerprint density at radius 3 is 2.41 bits per heavy atom. The Kier molecular flexibility index (Phi) is 4.79. The fraction of sp³-hybridized carbons (Fsp3) is 0.571. The second kappa shape index (κ2) is 6.59. The molecule has 0 radical (unpaired) electrons. The summed E-state index contributed by atoms with van der Waals surface area (Å²) < 4.78 is 5.15. The highest BCUT2D eigenvalue weighted by molar-refractivity contribution is 5.83. The molecule has 8 heteroatoms. The summed E-state index contributed by atoms with van der Waals surface area (Å²) in [6.45, 7) is 8.14. The second-order valence-corrected chi connectivity index (χ2v) is 6.03. The largest absolute Gasteiger partial charge is 0.444 e. The maximum atomic E-state index is 11.6. The van der Waals surface area contributed by atoms with Crippen LogP contribution in [-0.4, -0.2) is 59.4 Å². The number of anilines is 2. The van der Waals surface area contributed by atoms with E-state index in [4.69, 9.17) is 4.74 Å². The van der Waals surface area contributed by atoms with Gasteiger partial charge in [0.15, 0.2) is 11.6 Å². The third-order valence-electron chi connectivity index (χ3n) is 3.07. The van der Waals surface area contributed by atoms with E-state index in [9.17, 15) is 9.59 Å². The minimum atomic E-state index is -0.561. The molecule has 22 heavy (non-hydrogen) atoms. The molecule has 0 saturated carbocycles. The summed E-state index contributed by atoms with van der Waals surface area (Å²) in [7, 11) is 0. The first-order valence-corrected chi connectivity index (χ1v) is 7.15. The van der Waals surface area contributed by atoms with Crippen LogP contribution in [0.15, 0.2) is 12.1 Å². The Bertz CT molecular complexity index is 518. The topological polar surface area (TPSA) is 87.7 Å². The van der Waals surface area contributed by atoms with Gasteiger partial charge < -0.3 is 14.5 Å². The van der Waals surface area contributed by atoms with Crippen LogP contribution < -0.4 is 10.2 Å². The van der Waals surface area contributed by atoms with E-state index in [0.717, 1.165) is 12.2 Å². The first-order chi connectivity index (χ1) is 10.4. The number of piperazine rings is 1. The van der Waals surface area contributed by atoms with E-state index >= 15 is 0 Å². The van der Waals surface area contributed by atoms with Crippen LogP contribution in [0, 0.1) is 0 Å². The number of hydrogen-bond donors (Lipinski definition) is 1. The number of rotatable bonds is 3. The van der Waals surface area contributed by atoms with E-state index < -0.39 is 11.7 Å². The lowest BCUT2D eigenvalue weighted by Gasteiger charge is -2.32. The molecule has 0 bridgehead atoms. The third-order valence-corrected chi connectivity index (χ3v) is 3.07. The Labute approximate surface area is 129 Å². The van der Waals surface area contributed by atoms with Gasteiger partial charge in [0.1, 0.15) is 5.60 Å². The van der Waals surface area contributed by atoms with Gasteiger partial charge in [-0.3, -0.25) is 10.1 Å². The number of hydrogen-bond acceptors (Lipinski definition) is 6. The van der Waals surface area contributed by atoms with Crippen molar-refractivity contribution in [1.29, 1.82) is 0 Å². The molecule has 1 aromatic heterocycles. The zero-order valence-corrected chi connectivity index (χ0v) is 13.1. The molecule has 2 rings (SSSR count). The van der Waals surface area contributed by atoms with Gasteiger partial charge in [-0.2, -0.15) is 0 Å². The molecule has 2 heterocycles. The molecule has 1 saturated heterocycles. The number of carbonyl (C=O) groups is 2. The summed E-state index contributed by atoms with van der Waals surface area (Å²) in [4.78, 5) is 26.1. The van der Waals surface area contributed by atoms with Crippen molar-refractivity contribution in [2.24, 2.45) is 0 Å². The molecule has 8 nitrogen and oxygen atoms in total. The SMILES string of the molecule is CC(C)(C)OC(=O)Nc1ccc(N2CCN(C=O)CC2)nn1. The van der Waals surface area contributed by atoms with E-state index in [1.807, 2.05) is 4.90 Å². The van der Waals surface area contributed by atoms with Gasteiger partial charge in [-0.15, -0.1) is 10.2 Å². The average Bonchev–Trinajstić information content (AvgIpc) is 2.46. The number of amides is 2. The molecule has 0 unspecified atom stereocenters. The number of nitrogens with one attached hydrogen (secondary N) is 1. The molecule has 0 aromatic carbocycles. The van der Waals surface area contributed by atoms with Crippen molar-refractivity contribution in [3.63, 3.8) is 0 Å². The molecular weight excluding hydrogens is 286 g/mol. The highest BCUT2D eigenvalue weighted by Crippen LogP contribution is 2.14. The van der Waals surface area contributed by atoms with Gasteiger partial charge in [0.05, 0.1) is 0 Å². The maximum absolute atomic E-state index is 11.6. The van der Waals surface area contributed by atoms with Crippen molar-refractivity contribution < 1.29 is 14.3 Å². The van der Waals surface area contributed by atoms with Gasteiger partial charge in [-0.25, -0.2) is 4.79 Å². The first kappa shape index (κ1) is 16.0. The standard InChI is InChI=1S/C14H21N5O3/c1-14(2,3)22-13(21)15-11-4-5-12(17-16-11)19-8-6-18(10-20)7-9-19/h4-5,10H,6-9H2,1-3H3,(H,15,16,21). The van der Waals surface area contributed by atoms with Crippen LogP contribution >= 0.6 is 0 Å². The lowest BCUT2D eigenvalue weighted by Crippen LogP contribution is -2.46. The number of ether oxygens (including phenoxy) is 1. The lowest BCUT2D eigenvalue weighted by molar-refractivity contribution is -0.118. The number of carbonyl (C=O) groups excluding carboxylic acids is 2. The molecule has 0 spiro atoms. The van der Waals surface area contributed by atoms with E-state index in [2.05, 4.69) is 15.5 Å². The molecular formula is C14H21N5O3. The van der Waals surface area contributed by atoms with E-state index in [0.29, 0.717) is 32.0 Å². The number of aromatic nitrogens is 2. The maximum Gasteiger partial charge on any atom is 0.413 e. The Morgan fingerprint density at radius 1 is 1.23 bits per heavy atom. The van der Waals surface area contributed by atoms with Gasteiger partial charge >= 0.3 is 6.09 Å². The monoisotopic (exact) mass is 307 g/mol. The lowest BCUT2D eigenvalue weighted by atomic mass is 10.2. The normalized spacial score (nSPS) is 15.4. The third kappa shape index (κ3) is 4.57. The van der Waals surface area contributed by atoms with Gasteiger partial charge in [0.2, 0.25) is 6.41 Å². The molecule has 2 amide bonds. The van der Waals surface area contributed by atoms with Crippen LogP contribution in [0.25, 0.3) is 0 Å². The molecule has 1 aliphatic heterocycles. The number of nitrogens with zero attached hydrogens (tertiary/aromatic N) is 4. The van der Waals surface area contributed by atoms with E-state index in [-0.39, 0.29) is 0 Å². The zero-order valence-electron chi connectivity index (χ0n) is 13.1. The highest BCUT2D eigenvalue weighted by Gasteiger charge is 2.18. The molecule has 1 aromatic rings. The van der Waals surface area contributed by atoms with Gasteiger partial charge in [0.25, 0.3) is 0 Å². The van der Waals surface area contributed by atoms with Gasteiger partial charge in [0, 0.05) is 26.2 Å². The summed E-state index contributed by atoms with van der Waals surface area (Å²) in [5.41, 5.74) is -0.560. The molecule has 1 aliphatic rings. The Morgan fingerprint density at radius 2 is 1.91 bits per heavy atom. The van der Waals surface area contributed by atoms with Crippen LogP contribution in [0.1, 0.15) is 20.8 Å². The predicted molar refractivity (Wildman–Crippen MR) is 81.7 cm³/mol. The van der Waals surface area contributed by atoms with Crippen molar-refractivity contribution in [3.05, 3.63) is 12.1 Å². The predicted octanol–water partition coefficient (Wildman–Crippen LogP) is 1.10. The van der Waals surface area contributed by atoms with Crippen molar-refractivity contribution in [3.8, 4) is 0 Å². The minimum Gasteiger partial charge on any atom is -0.444 e. The molecule has 120 valence electrons. The van der Waals surface area contributed by atoms with Crippen LogP contribution in [0.4, 0.5) is 16.4 Å². The van der Waals surface area contributed by atoms with Gasteiger partial charge in [-0.05, 0) is 32.9 Å². The van der Waals surface area contributed by atoms with Crippen LogP contribution in [0.2, 0.25) is 0 Å². The summed E-state index contributed by atoms with van der Waals surface area (Å²) in [6.07, 6.45) is 0.297. The van der Waals surface area contributed by atoms with E-state index in [1.54, 1.807) is 37.8 Å². The Balaban J connectivity index is 1.90. The second-order valence-electron chi connectivity index (χ2n) is 6.03. The van der Waals surface area contributed by atoms with Gasteiger partial charge in [-0.1, -0.05) is 0 Å². The molecule has 0 atom stereocenters. The first-order valence-electron chi connectivity index (χ1n) is 7.15. The van der Waals surface area contributed by atoms with Crippen LogP contribution in [-0.2, 0) is 9.53 Å². The van der Waals surface area contributed by atoms with Crippen molar-refractivity contribution in [2.45, 2.75) is 26.4 Å². The van der Waals surface area contributed by atoms with Crippen LogP contribution in [0.5, 0.6) is 0 Å². The average molecular weight is 307 g/mol. The smallest absolute Gasteiger partial charge is 0.413 e. The summed E-state index contributed by atoms with van der Waals surface area (Å²) in [5, 5.41) is 10.6. The van der Waals surface area contributed by atoms with Crippen LogP contribution in [0.3, 0.4) is 0 Å². The Hall–Kier alpha value is -2.38. The van der Waals surface area contributed by atoms with E-state index in [1.165, 1.54) is 0 Å².